The van der Waals surface area contributed by atoms with Crippen molar-refractivity contribution >= 4 is 16.8 Å². The lowest BCUT2D eigenvalue weighted by molar-refractivity contribution is 0.0951. The van der Waals surface area contributed by atoms with Crippen molar-refractivity contribution in [1.82, 2.24) is 14.9 Å². The van der Waals surface area contributed by atoms with Gasteiger partial charge in [-0.15, -0.1) is 0 Å². The van der Waals surface area contributed by atoms with Gasteiger partial charge in [-0.1, -0.05) is 42.5 Å². The zero-order valence-electron chi connectivity index (χ0n) is 17.6. The van der Waals surface area contributed by atoms with Crippen molar-refractivity contribution in [2.75, 3.05) is 0 Å². The summed E-state index contributed by atoms with van der Waals surface area (Å²) < 4.78 is 1.68. The van der Waals surface area contributed by atoms with Crippen LogP contribution in [0, 0.1) is 13.8 Å². The Morgan fingerprint density at radius 2 is 1.77 bits per heavy atom. The maximum absolute atomic E-state index is 12.9. The van der Waals surface area contributed by atoms with Gasteiger partial charge in [-0.3, -0.25) is 9.36 Å². The standard InChI is InChI=1S/C26H23N3O2/c1-16-10-11-18(25(30)28-20-12-13-20)14-22(16)21-8-5-7-19-15-27-26(31)29(24(19)21)23-9-4-3-6-17(23)2/h3-11,14-15,20H,12-13H2,1-2H3,(H,28,30). The Kier molecular flexibility index (Phi) is 4.66. The van der Waals surface area contributed by atoms with Crippen molar-refractivity contribution in [3.63, 3.8) is 0 Å². The van der Waals surface area contributed by atoms with Gasteiger partial charge >= 0.3 is 5.69 Å². The number of para-hydroxylation sites is 2. The van der Waals surface area contributed by atoms with Gasteiger partial charge in [0, 0.05) is 28.8 Å². The van der Waals surface area contributed by atoms with E-state index in [2.05, 4.69) is 10.3 Å². The highest BCUT2D eigenvalue weighted by Crippen LogP contribution is 2.32. The number of aryl methyl sites for hydroxylation is 2. The van der Waals surface area contributed by atoms with E-state index in [4.69, 9.17) is 0 Å². The third-order valence-electron chi connectivity index (χ3n) is 5.86. The molecule has 0 bridgehead atoms. The lowest BCUT2D eigenvalue weighted by Gasteiger charge is -2.17. The predicted octanol–water partition coefficient (Wildman–Crippen LogP) is 4.56. The third-order valence-corrected chi connectivity index (χ3v) is 5.86. The smallest absolute Gasteiger partial charge is 0.349 e. The molecular formula is C26H23N3O2. The van der Waals surface area contributed by atoms with Crippen LogP contribution in [0.25, 0.3) is 27.7 Å². The minimum absolute atomic E-state index is 0.0538. The van der Waals surface area contributed by atoms with Crippen LogP contribution in [-0.4, -0.2) is 21.5 Å². The van der Waals surface area contributed by atoms with Crippen LogP contribution in [0.15, 0.2) is 71.7 Å². The highest BCUT2D eigenvalue weighted by molar-refractivity contribution is 5.99. The van der Waals surface area contributed by atoms with Crippen molar-refractivity contribution in [3.8, 4) is 16.8 Å². The zero-order chi connectivity index (χ0) is 21.5. The minimum atomic E-state index is -0.325. The molecule has 0 atom stereocenters. The summed E-state index contributed by atoms with van der Waals surface area (Å²) in [6, 6.07) is 19.8. The fraction of sp³-hybridized carbons (Fsp3) is 0.192. The van der Waals surface area contributed by atoms with Gasteiger partial charge in [-0.2, -0.15) is 0 Å². The molecule has 0 saturated heterocycles. The summed E-state index contributed by atoms with van der Waals surface area (Å²) in [6.45, 7) is 4.01. The number of hydrogen-bond acceptors (Lipinski definition) is 3. The molecule has 1 amide bonds. The van der Waals surface area contributed by atoms with E-state index in [0.29, 0.717) is 11.6 Å². The van der Waals surface area contributed by atoms with Gasteiger partial charge in [0.2, 0.25) is 0 Å². The van der Waals surface area contributed by atoms with E-state index in [-0.39, 0.29) is 11.6 Å². The monoisotopic (exact) mass is 409 g/mol. The molecule has 5 rings (SSSR count). The number of nitrogens with zero attached hydrogens (tertiary/aromatic N) is 2. The molecule has 4 aromatic rings. The van der Waals surface area contributed by atoms with Crippen LogP contribution in [-0.2, 0) is 0 Å². The second kappa shape index (κ2) is 7.51. The van der Waals surface area contributed by atoms with Crippen LogP contribution in [0.2, 0.25) is 0 Å². The largest absolute Gasteiger partial charge is 0.352 e. The van der Waals surface area contributed by atoms with Crippen LogP contribution in [0.1, 0.15) is 34.3 Å². The first kappa shape index (κ1) is 19.2. The van der Waals surface area contributed by atoms with Crippen LogP contribution >= 0.6 is 0 Å². The van der Waals surface area contributed by atoms with Gasteiger partial charge in [-0.25, -0.2) is 9.78 Å². The predicted molar refractivity (Wildman–Crippen MR) is 123 cm³/mol. The summed E-state index contributed by atoms with van der Waals surface area (Å²) in [5.41, 5.74) is 5.76. The first-order valence-corrected chi connectivity index (χ1v) is 10.5. The fourth-order valence-electron chi connectivity index (χ4n) is 4.00. The van der Waals surface area contributed by atoms with Crippen LogP contribution in [0.3, 0.4) is 0 Å². The first-order valence-electron chi connectivity index (χ1n) is 10.5. The lowest BCUT2D eigenvalue weighted by Crippen LogP contribution is -2.25. The molecule has 0 radical (unpaired) electrons. The van der Waals surface area contributed by atoms with E-state index >= 15 is 0 Å². The summed E-state index contributed by atoms with van der Waals surface area (Å²) in [4.78, 5) is 29.7. The van der Waals surface area contributed by atoms with Crippen molar-refractivity contribution < 1.29 is 4.79 Å². The highest BCUT2D eigenvalue weighted by Gasteiger charge is 2.24. The molecule has 1 saturated carbocycles. The van der Waals surface area contributed by atoms with Gasteiger partial charge in [0.05, 0.1) is 11.2 Å². The zero-order valence-corrected chi connectivity index (χ0v) is 17.6. The Balaban J connectivity index is 1.77. The molecule has 1 fully saturated rings. The summed E-state index contributed by atoms with van der Waals surface area (Å²) in [5, 5.41) is 3.92. The Morgan fingerprint density at radius 1 is 0.968 bits per heavy atom. The molecule has 31 heavy (non-hydrogen) atoms. The molecule has 5 heteroatoms. The SMILES string of the molecule is Cc1ccc(C(=O)NC2CC2)cc1-c1cccc2cnc(=O)n(-c3ccccc3C)c12. The number of nitrogens with one attached hydrogen (secondary N) is 1. The minimum Gasteiger partial charge on any atom is -0.349 e. The number of fused-ring (bicyclic) bond motifs is 1. The summed E-state index contributed by atoms with van der Waals surface area (Å²) in [7, 11) is 0. The van der Waals surface area contributed by atoms with Gasteiger partial charge in [0.15, 0.2) is 0 Å². The molecular weight excluding hydrogens is 386 g/mol. The van der Waals surface area contributed by atoms with E-state index in [9.17, 15) is 9.59 Å². The summed E-state index contributed by atoms with van der Waals surface area (Å²) >= 11 is 0. The normalized spacial score (nSPS) is 13.4. The second-order valence-electron chi connectivity index (χ2n) is 8.18. The molecule has 3 aromatic carbocycles. The maximum Gasteiger partial charge on any atom is 0.352 e. The fourth-order valence-corrected chi connectivity index (χ4v) is 4.00. The van der Waals surface area contributed by atoms with E-state index < -0.39 is 0 Å². The number of aromatic nitrogens is 2. The lowest BCUT2D eigenvalue weighted by atomic mass is 9.95. The van der Waals surface area contributed by atoms with Crippen LogP contribution in [0.5, 0.6) is 0 Å². The van der Waals surface area contributed by atoms with Crippen molar-refractivity contribution in [2.24, 2.45) is 0 Å². The molecule has 5 nitrogen and oxygen atoms in total. The quantitative estimate of drug-likeness (QED) is 0.537. The van der Waals surface area contributed by atoms with Crippen LogP contribution < -0.4 is 11.0 Å². The molecule has 1 aliphatic rings. The summed E-state index contributed by atoms with van der Waals surface area (Å²) in [5.74, 6) is -0.0538. The Morgan fingerprint density at radius 3 is 2.55 bits per heavy atom. The molecule has 1 aliphatic carbocycles. The van der Waals surface area contributed by atoms with Gasteiger partial charge in [0.1, 0.15) is 0 Å². The van der Waals surface area contributed by atoms with Gasteiger partial charge < -0.3 is 5.32 Å². The van der Waals surface area contributed by atoms with Gasteiger partial charge in [-0.05, 0) is 61.6 Å². The number of hydrogen-bond donors (Lipinski definition) is 1. The number of carbonyl (C=O) groups excluding carboxylic acids is 1. The molecule has 1 heterocycles. The topological polar surface area (TPSA) is 64.0 Å². The number of carbonyl (C=O) groups is 1. The molecule has 0 aliphatic heterocycles. The first-order chi connectivity index (χ1) is 15.0. The summed E-state index contributed by atoms with van der Waals surface area (Å²) in [6.07, 6.45) is 3.71. The second-order valence-corrected chi connectivity index (χ2v) is 8.18. The Hall–Kier alpha value is -3.73. The maximum atomic E-state index is 12.9. The van der Waals surface area contributed by atoms with E-state index in [0.717, 1.165) is 51.7 Å². The average Bonchev–Trinajstić information content (AvgIpc) is 3.58. The van der Waals surface area contributed by atoms with E-state index in [1.165, 1.54) is 0 Å². The number of rotatable bonds is 4. The van der Waals surface area contributed by atoms with E-state index in [1.54, 1.807) is 10.8 Å². The van der Waals surface area contributed by atoms with Crippen molar-refractivity contribution in [1.29, 1.82) is 0 Å². The Bertz CT molecular complexity index is 1380. The molecule has 0 unspecified atom stereocenters. The Labute approximate surface area is 180 Å². The molecule has 154 valence electrons. The molecule has 1 N–H and O–H groups in total. The molecule has 1 aromatic heterocycles. The van der Waals surface area contributed by atoms with Crippen molar-refractivity contribution in [3.05, 3.63) is 94.0 Å². The van der Waals surface area contributed by atoms with E-state index in [1.807, 2.05) is 74.5 Å². The highest BCUT2D eigenvalue weighted by atomic mass is 16.2. The van der Waals surface area contributed by atoms with Crippen LogP contribution in [0.4, 0.5) is 0 Å². The average molecular weight is 409 g/mol. The van der Waals surface area contributed by atoms with Gasteiger partial charge in [0.25, 0.3) is 5.91 Å². The number of amides is 1. The third kappa shape index (κ3) is 3.52. The number of benzene rings is 3. The van der Waals surface area contributed by atoms with Crippen molar-refractivity contribution in [2.45, 2.75) is 32.7 Å². The molecule has 0 spiro atoms.